The maximum atomic E-state index is 12.6. The summed E-state index contributed by atoms with van der Waals surface area (Å²) in [4.78, 5) is 16.0. The van der Waals surface area contributed by atoms with E-state index in [9.17, 15) is 13.6 Å². The van der Waals surface area contributed by atoms with Crippen LogP contribution in [0.4, 0.5) is 8.78 Å². The van der Waals surface area contributed by atoms with Crippen molar-refractivity contribution in [2.45, 2.75) is 25.0 Å². The van der Waals surface area contributed by atoms with Gasteiger partial charge in [0.2, 0.25) is 0 Å². The number of rotatable bonds is 4. The maximum Gasteiger partial charge on any atom is 0.276 e. The van der Waals surface area contributed by atoms with Gasteiger partial charge in [-0.2, -0.15) is 0 Å². The highest BCUT2D eigenvalue weighted by atomic mass is 19.3. The first-order chi connectivity index (χ1) is 9.08. The van der Waals surface area contributed by atoms with Gasteiger partial charge < -0.3 is 9.30 Å². The highest BCUT2D eigenvalue weighted by Crippen LogP contribution is 2.44. The zero-order chi connectivity index (χ0) is 13.5. The monoisotopic (exact) mass is 266 g/mol. The van der Waals surface area contributed by atoms with Crippen LogP contribution in [0.1, 0.15) is 6.42 Å². The van der Waals surface area contributed by atoms with Gasteiger partial charge in [-0.1, -0.05) is 0 Å². The molecular weight excluding hydrogens is 254 g/mol. The molecule has 1 unspecified atom stereocenters. The van der Waals surface area contributed by atoms with Gasteiger partial charge in [0.05, 0.1) is 12.0 Å². The third-order valence-electron chi connectivity index (χ3n) is 3.20. The molecule has 0 saturated heterocycles. The second-order valence-corrected chi connectivity index (χ2v) is 4.60. The number of ether oxygens (including phenoxy) is 1. The molecule has 1 saturated carbocycles. The Kier molecular flexibility index (Phi) is 2.82. The van der Waals surface area contributed by atoms with E-state index in [1.165, 1.54) is 10.8 Å². The van der Waals surface area contributed by atoms with E-state index in [-0.39, 0.29) is 25.1 Å². The molecule has 0 bridgehead atoms. The van der Waals surface area contributed by atoms with Crippen molar-refractivity contribution in [2.75, 3.05) is 6.61 Å². The summed E-state index contributed by atoms with van der Waals surface area (Å²) in [5.41, 5.74) is -0.184. The molecule has 0 amide bonds. The number of alkyl halides is 2. The summed E-state index contributed by atoms with van der Waals surface area (Å²) < 4.78 is 31.7. The van der Waals surface area contributed by atoms with Crippen molar-refractivity contribution in [3.05, 3.63) is 41.1 Å². The molecule has 1 aliphatic carbocycles. The average molecular weight is 266 g/mol. The number of fused-ring (bicyclic) bond motifs is 1. The Morgan fingerprint density at radius 2 is 2.26 bits per heavy atom. The zero-order valence-electron chi connectivity index (χ0n) is 10.1. The molecule has 3 rings (SSSR count). The largest absolute Gasteiger partial charge is 0.370 e. The molecule has 2 aromatic heterocycles. The number of nitrogens with zero attached hydrogens (tertiary/aromatic N) is 2. The molecule has 1 aliphatic rings. The van der Waals surface area contributed by atoms with Crippen molar-refractivity contribution in [2.24, 2.45) is 0 Å². The molecule has 100 valence electrons. The Labute approximate surface area is 107 Å². The van der Waals surface area contributed by atoms with Gasteiger partial charge in [-0.3, -0.25) is 9.78 Å². The third kappa shape index (κ3) is 2.35. The van der Waals surface area contributed by atoms with Crippen LogP contribution in [0.25, 0.3) is 10.8 Å². The Balaban J connectivity index is 1.71. The second-order valence-electron chi connectivity index (χ2n) is 4.60. The summed E-state index contributed by atoms with van der Waals surface area (Å²) in [7, 11) is 0. The number of halogens is 2. The van der Waals surface area contributed by atoms with Gasteiger partial charge in [0.25, 0.3) is 11.5 Å². The lowest BCUT2D eigenvalue weighted by atomic mass is 10.2. The van der Waals surface area contributed by atoms with E-state index < -0.39 is 12.0 Å². The van der Waals surface area contributed by atoms with Crippen LogP contribution in [0.3, 0.4) is 0 Å². The van der Waals surface area contributed by atoms with E-state index in [1.54, 1.807) is 24.5 Å². The molecule has 1 fully saturated rings. The standard InChI is InChI=1S/C13H12F2N2O2/c14-13(15)7-11(13)19-6-5-17-4-2-9-1-3-16-8-10(9)12(17)18/h1-4,8,11H,5-7H2. The van der Waals surface area contributed by atoms with Gasteiger partial charge in [-0.25, -0.2) is 8.78 Å². The average Bonchev–Trinajstić information content (AvgIpc) is 3.00. The summed E-state index contributed by atoms with van der Waals surface area (Å²) in [6.45, 7) is 0.363. The maximum absolute atomic E-state index is 12.6. The normalized spacial score (nSPS) is 20.6. The van der Waals surface area contributed by atoms with Crippen LogP contribution in [0.15, 0.2) is 35.5 Å². The topological polar surface area (TPSA) is 44.1 Å². The molecule has 0 spiro atoms. The van der Waals surface area contributed by atoms with Crippen LogP contribution >= 0.6 is 0 Å². The Hall–Kier alpha value is -1.82. The summed E-state index contributed by atoms with van der Waals surface area (Å²) in [6.07, 6.45) is 3.56. The second kappa shape index (κ2) is 4.38. The SMILES string of the molecule is O=c1c2cnccc2ccn1CCOC1CC1(F)F. The summed E-state index contributed by atoms with van der Waals surface area (Å²) in [5, 5.41) is 1.33. The van der Waals surface area contributed by atoms with Crippen LogP contribution in [-0.4, -0.2) is 28.2 Å². The predicted octanol–water partition coefficient (Wildman–Crippen LogP) is 1.82. The van der Waals surface area contributed by atoms with E-state index in [0.29, 0.717) is 5.39 Å². The van der Waals surface area contributed by atoms with E-state index in [4.69, 9.17) is 4.74 Å². The van der Waals surface area contributed by atoms with Gasteiger partial charge >= 0.3 is 0 Å². The predicted molar refractivity (Wildman–Crippen MR) is 65.3 cm³/mol. The number of pyridine rings is 2. The van der Waals surface area contributed by atoms with Gasteiger partial charge in [0, 0.05) is 31.6 Å². The molecule has 0 N–H and O–H groups in total. The van der Waals surface area contributed by atoms with E-state index in [0.717, 1.165) is 5.39 Å². The first-order valence-electron chi connectivity index (χ1n) is 6.00. The lowest BCUT2D eigenvalue weighted by Crippen LogP contribution is -2.22. The summed E-state index contributed by atoms with van der Waals surface area (Å²) in [5.74, 6) is -2.68. The fourth-order valence-electron chi connectivity index (χ4n) is 1.96. The zero-order valence-corrected chi connectivity index (χ0v) is 10.1. The van der Waals surface area contributed by atoms with Crippen LogP contribution in [-0.2, 0) is 11.3 Å². The van der Waals surface area contributed by atoms with Gasteiger partial charge in [-0.05, 0) is 17.5 Å². The fraction of sp³-hybridized carbons (Fsp3) is 0.385. The van der Waals surface area contributed by atoms with Crippen LogP contribution in [0.2, 0.25) is 0 Å². The van der Waals surface area contributed by atoms with Gasteiger partial charge in [0.1, 0.15) is 6.10 Å². The van der Waals surface area contributed by atoms with E-state index >= 15 is 0 Å². The Morgan fingerprint density at radius 3 is 3.00 bits per heavy atom. The highest BCUT2D eigenvalue weighted by Gasteiger charge is 2.58. The smallest absolute Gasteiger partial charge is 0.276 e. The molecule has 19 heavy (non-hydrogen) atoms. The molecule has 0 radical (unpaired) electrons. The first kappa shape index (κ1) is 12.2. The van der Waals surface area contributed by atoms with Gasteiger partial charge in [-0.15, -0.1) is 0 Å². The number of hydrogen-bond acceptors (Lipinski definition) is 3. The van der Waals surface area contributed by atoms with Crippen molar-refractivity contribution < 1.29 is 13.5 Å². The lowest BCUT2D eigenvalue weighted by molar-refractivity contribution is 0.0106. The summed E-state index contributed by atoms with van der Waals surface area (Å²) in [6, 6.07) is 3.55. The third-order valence-corrected chi connectivity index (χ3v) is 3.20. The summed E-state index contributed by atoms with van der Waals surface area (Å²) >= 11 is 0. The van der Waals surface area contributed by atoms with Crippen LogP contribution < -0.4 is 5.56 Å². The Morgan fingerprint density at radius 1 is 1.47 bits per heavy atom. The molecule has 1 atom stereocenters. The van der Waals surface area contributed by atoms with Crippen molar-refractivity contribution in [3.63, 3.8) is 0 Å². The molecule has 6 heteroatoms. The number of hydrogen-bond donors (Lipinski definition) is 0. The highest BCUT2D eigenvalue weighted by molar-refractivity contribution is 5.80. The fourth-order valence-corrected chi connectivity index (χ4v) is 1.96. The van der Waals surface area contributed by atoms with E-state index in [1.807, 2.05) is 0 Å². The minimum atomic E-state index is -2.68. The lowest BCUT2D eigenvalue weighted by Gasteiger charge is -2.07. The van der Waals surface area contributed by atoms with Crippen molar-refractivity contribution in [3.8, 4) is 0 Å². The molecule has 2 heterocycles. The van der Waals surface area contributed by atoms with Gasteiger partial charge in [0.15, 0.2) is 0 Å². The first-order valence-corrected chi connectivity index (χ1v) is 6.00. The minimum Gasteiger partial charge on any atom is -0.370 e. The van der Waals surface area contributed by atoms with Crippen molar-refractivity contribution in [1.29, 1.82) is 0 Å². The molecular formula is C13H12F2N2O2. The van der Waals surface area contributed by atoms with Crippen LogP contribution in [0.5, 0.6) is 0 Å². The van der Waals surface area contributed by atoms with Crippen molar-refractivity contribution >= 4 is 10.8 Å². The number of aromatic nitrogens is 2. The van der Waals surface area contributed by atoms with E-state index in [2.05, 4.69) is 4.98 Å². The molecule has 4 nitrogen and oxygen atoms in total. The quantitative estimate of drug-likeness (QED) is 0.848. The van der Waals surface area contributed by atoms with Crippen LogP contribution in [0, 0.1) is 0 Å². The molecule has 2 aromatic rings. The van der Waals surface area contributed by atoms with Crippen molar-refractivity contribution in [1.82, 2.24) is 9.55 Å². The Bertz CT molecular complexity index is 669. The minimum absolute atomic E-state index is 0.103. The molecule has 0 aliphatic heterocycles. The molecule has 0 aromatic carbocycles.